The SMILES string of the molecule is CC1(C)[C@H]2CC[C@@]1(CS(=O)(=O)NCc1ccc3c(c1)OCCO3)C(=O)C2. The fourth-order valence-corrected chi connectivity index (χ4v) is 6.69. The van der Waals surface area contributed by atoms with Crippen LogP contribution in [-0.2, 0) is 21.4 Å². The van der Waals surface area contributed by atoms with Gasteiger partial charge in [0.1, 0.15) is 19.0 Å². The second kappa shape index (κ2) is 5.96. The van der Waals surface area contributed by atoms with Gasteiger partial charge >= 0.3 is 0 Å². The van der Waals surface area contributed by atoms with E-state index in [1.807, 2.05) is 19.9 Å². The van der Waals surface area contributed by atoms with Crippen LogP contribution in [0.4, 0.5) is 0 Å². The van der Waals surface area contributed by atoms with Gasteiger partial charge in [0.2, 0.25) is 10.0 Å². The van der Waals surface area contributed by atoms with Gasteiger partial charge in [0.25, 0.3) is 0 Å². The second-order valence-corrected chi connectivity index (χ2v) is 10.0. The molecule has 0 amide bonds. The van der Waals surface area contributed by atoms with E-state index in [4.69, 9.17) is 9.47 Å². The highest BCUT2D eigenvalue weighted by Gasteiger charge is 2.65. The van der Waals surface area contributed by atoms with E-state index in [9.17, 15) is 13.2 Å². The number of rotatable bonds is 5. The van der Waals surface area contributed by atoms with Crippen molar-refractivity contribution in [3.63, 3.8) is 0 Å². The first-order valence-electron chi connectivity index (χ1n) is 9.13. The van der Waals surface area contributed by atoms with Crippen LogP contribution in [0.1, 0.15) is 38.7 Å². The molecule has 3 aliphatic rings. The first-order valence-corrected chi connectivity index (χ1v) is 10.8. The Morgan fingerprint density at radius 1 is 1.19 bits per heavy atom. The van der Waals surface area contributed by atoms with Crippen molar-refractivity contribution < 1.29 is 22.7 Å². The molecule has 26 heavy (non-hydrogen) atoms. The fraction of sp³-hybridized carbons (Fsp3) is 0.632. The van der Waals surface area contributed by atoms with Crippen molar-refractivity contribution in [1.29, 1.82) is 0 Å². The third-order valence-corrected chi connectivity index (χ3v) is 8.14. The van der Waals surface area contributed by atoms with E-state index in [0.29, 0.717) is 43.5 Å². The second-order valence-electron chi connectivity index (χ2n) is 8.22. The predicted molar refractivity (Wildman–Crippen MR) is 96.6 cm³/mol. The minimum atomic E-state index is -3.58. The topological polar surface area (TPSA) is 81.7 Å². The van der Waals surface area contributed by atoms with Gasteiger partial charge in [0, 0.05) is 18.4 Å². The molecule has 0 radical (unpaired) electrons. The highest BCUT2D eigenvalue weighted by atomic mass is 32.2. The van der Waals surface area contributed by atoms with Crippen LogP contribution in [0.15, 0.2) is 18.2 Å². The Labute approximate surface area is 154 Å². The van der Waals surface area contributed by atoms with Crippen molar-refractivity contribution in [3.8, 4) is 11.5 Å². The van der Waals surface area contributed by atoms with Crippen molar-refractivity contribution in [2.75, 3.05) is 19.0 Å². The van der Waals surface area contributed by atoms with E-state index in [1.54, 1.807) is 12.1 Å². The first kappa shape index (κ1) is 17.8. The summed E-state index contributed by atoms with van der Waals surface area (Å²) in [5.74, 6) is 1.62. The molecule has 2 saturated carbocycles. The largest absolute Gasteiger partial charge is 0.486 e. The minimum absolute atomic E-state index is 0.114. The molecule has 1 aromatic rings. The van der Waals surface area contributed by atoms with Crippen molar-refractivity contribution >= 4 is 15.8 Å². The lowest BCUT2D eigenvalue weighted by molar-refractivity contribution is -0.128. The smallest absolute Gasteiger partial charge is 0.212 e. The number of carbonyl (C=O) groups is 1. The maximum Gasteiger partial charge on any atom is 0.212 e. The quantitative estimate of drug-likeness (QED) is 0.849. The maximum atomic E-state index is 12.7. The van der Waals surface area contributed by atoms with E-state index in [-0.39, 0.29) is 23.5 Å². The fourth-order valence-electron chi connectivity index (χ4n) is 4.87. The van der Waals surface area contributed by atoms with Gasteiger partial charge in [-0.2, -0.15) is 0 Å². The third kappa shape index (κ3) is 2.72. The Bertz CT molecular complexity index is 847. The number of hydrogen-bond donors (Lipinski definition) is 1. The summed E-state index contributed by atoms with van der Waals surface area (Å²) in [7, 11) is -3.58. The number of ether oxygens (including phenoxy) is 2. The van der Waals surface area contributed by atoms with Gasteiger partial charge in [0.05, 0.1) is 5.75 Å². The van der Waals surface area contributed by atoms with E-state index < -0.39 is 15.4 Å². The highest BCUT2D eigenvalue weighted by Crippen LogP contribution is 2.64. The van der Waals surface area contributed by atoms with Crippen molar-refractivity contribution in [2.45, 2.75) is 39.7 Å². The average molecular weight is 379 g/mol. The van der Waals surface area contributed by atoms with Crippen LogP contribution in [0, 0.1) is 16.7 Å². The molecular formula is C19H25NO5S. The Hall–Kier alpha value is -1.60. The van der Waals surface area contributed by atoms with Crippen molar-refractivity contribution in [3.05, 3.63) is 23.8 Å². The van der Waals surface area contributed by atoms with E-state index in [1.165, 1.54) is 0 Å². The number of hydrogen-bond acceptors (Lipinski definition) is 5. The predicted octanol–water partition coefficient (Wildman–Crippen LogP) is 2.27. The summed E-state index contributed by atoms with van der Waals surface area (Å²) in [6, 6.07) is 5.41. The van der Waals surface area contributed by atoms with Gasteiger partial charge in [-0.25, -0.2) is 13.1 Å². The van der Waals surface area contributed by atoms with Gasteiger partial charge in [-0.1, -0.05) is 19.9 Å². The lowest BCUT2D eigenvalue weighted by Crippen LogP contribution is -2.45. The van der Waals surface area contributed by atoms with E-state index in [2.05, 4.69) is 4.72 Å². The molecule has 0 spiro atoms. The molecule has 0 unspecified atom stereocenters. The normalized spacial score (nSPS) is 29.2. The number of Topliss-reactive ketones (excluding diaryl/α,β-unsaturated/α-hetero) is 1. The van der Waals surface area contributed by atoms with Gasteiger partial charge in [-0.15, -0.1) is 0 Å². The Morgan fingerprint density at radius 3 is 2.58 bits per heavy atom. The molecule has 7 heteroatoms. The number of sulfonamides is 1. The minimum Gasteiger partial charge on any atom is -0.486 e. The van der Waals surface area contributed by atoms with Crippen molar-refractivity contribution in [1.82, 2.24) is 4.72 Å². The molecule has 0 aromatic heterocycles. The van der Waals surface area contributed by atoms with Crippen LogP contribution < -0.4 is 14.2 Å². The molecule has 2 bridgehead atoms. The van der Waals surface area contributed by atoms with Crippen LogP contribution in [0.2, 0.25) is 0 Å². The number of nitrogens with one attached hydrogen (secondary N) is 1. The summed E-state index contributed by atoms with van der Waals surface area (Å²) in [6.07, 6.45) is 2.13. The lowest BCUT2D eigenvalue weighted by Gasteiger charge is -2.36. The zero-order valence-corrected chi connectivity index (χ0v) is 16.0. The standard InChI is InChI=1S/C19H25NO5S/c1-18(2)14-5-6-19(18,17(21)10-14)12-26(22,23)20-11-13-3-4-15-16(9-13)25-8-7-24-15/h3-4,9,14,20H,5-8,10-12H2,1-2H3/t14-,19+/m0/s1. The summed E-state index contributed by atoms with van der Waals surface area (Å²) in [5, 5.41) is 0. The lowest BCUT2D eigenvalue weighted by atomic mass is 9.70. The molecule has 2 aliphatic carbocycles. The van der Waals surface area contributed by atoms with Crippen LogP contribution in [0.25, 0.3) is 0 Å². The Kier molecular flexibility index (Phi) is 4.08. The molecule has 0 saturated heterocycles. The summed E-state index contributed by atoms with van der Waals surface area (Å²) in [5.41, 5.74) is -0.191. The number of ketones is 1. The molecule has 1 aliphatic heterocycles. The maximum absolute atomic E-state index is 12.7. The zero-order valence-electron chi connectivity index (χ0n) is 15.2. The molecule has 2 atom stereocenters. The van der Waals surface area contributed by atoms with Crippen molar-refractivity contribution in [2.24, 2.45) is 16.7 Å². The summed E-state index contributed by atoms with van der Waals surface area (Å²) < 4.78 is 39.2. The Balaban J connectivity index is 1.47. The van der Waals surface area contributed by atoms with E-state index in [0.717, 1.165) is 12.0 Å². The van der Waals surface area contributed by atoms with Crippen LogP contribution in [0.5, 0.6) is 11.5 Å². The van der Waals surface area contributed by atoms with Crippen LogP contribution in [0.3, 0.4) is 0 Å². The number of fused-ring (bicyclic) bond motifs is 3. The molecule has 4 rings (SSSR count). The van der Waals surface area contributed by atoms with E-state index >= 15 is 0 Å². The number of carbonyl (C=O) groups excluding carboxylic acids is 1. The third-order valence-electron chi connectivity index (χ3n) is 6.68. The molecule has 1 N–H and O–H groups in total. The average Bonchev–Trinajstić information content (AvgIpc) is 2.94. The summed E-state index contributed by atoms with van der Waals surface area (Å²) in [4.78, 5) is 12.6. The van der Waals surface area contributed by atoms with Gasteiger partial charge < -0.3 is 9.47 Å². The van der Waals surface area contributed by atoms with Crippen LogP contribution in [-0.4, -0.2) is 33.2 Å². The summed E-state index contributed by atoms with van der Waals surface area (Å²) in [6.45, 7) is 5.28. The molecule has 1 heterocycles. The first-order chi connectivity index (χ1) is 12.2. The number of benzene rings is 1. The monoisotopic (exact) mass is 379 g/mol. The summed E-state index contributed by atoms with van der Waals surface area (Å²) >= 11 is 0. The van der Waals surface area contributed by atoms with Gasteiger partial charge in [-0.05, 0) is 41.9 Å². The van der Waals surface area contributed by atoms with Gasteiger partial charge in [0.15, 0.2) is 11.5 Å². The molecule has 2 fully saturated rings. The zero-order chi connectivity index (χ0) is 18.6. The molecule has 142 valence electrons. The van der Waals surface area contributed by atoms with Gasteiger partial charge in [-0.3, -0.25) is 4.79 Å². The van der Waals surface area contributed by atoms with Crippen LogP contribution >= 0.6 is 0 Å². The Morgan fingerprint density at radius 2 is 1.92 bits per heavy atom. The molecular weight excluding hydrogens is 354 g/mol. The highest BCUT2D eigenvalue weighted by molar-refractivity contribution is 7.89. The molecule has 6 nitrogen and oxygen atoms in total. The molecule has 1 aromatic carbocycles.